The fraction of sp³-hybridized carbons (Fsp3) is 0.286. The zero-order valence-electron chi connectivity index (χ0n) is 10.9. The summed E-state index contributed by atoms with van der Waals surface area (Å²) in [7, 11) is 0. The van der Waals surface area contributed by atoms with Crippen molar-refractivity contribution in [1.29, 1.82) is 0 Å². The topological polar surface area (TPSA) is 72.9 Å². The normalized spacial score (nSPS) is 12.1. The summed E-state index contributed by atoms with van der Waals surface area (Å²) < 4.78 is 1.82. The monoisotopic (exact) mass is 258 g/mol. The molecule has 100 valence electrons. The minimum atomic E-state index is -0.140. The van der Waals surface area contributed by atoms with Gasteiger partial charge in [0.2, 0.25) is 5.91 Å². The maximum absolute atomic E-state index is 11.8. The zero-order chi connectivity index (χ0) is 13.7. The maximum atomic E-state index is 11.8. The van der Waals surface area contributed by atoms with Crippen LogP contribution >= 0.6 is 0 Å². The summed E-state index contributed by atoms with van der Waals surface area (Å²) in [5.74, 6) is -0.0667. The summed E-state index contributed by atoms with van der Waals surface area (Å²) in [5.41, 5.74) is 7.45. The van der Waals surface area contributed by atoms with Crippen molar-refractivity contribution in [2.75, 3.05) is 5.32 Å². The highest BCUT2D eigenvalue weighted by Crippen LogP contribution is 2.16. The average molecular weight is 258 g/mol. The molecule has 1 atom stereocenters. The Bertz CT molecular complexity index is 534. The van der Waals surface area contributed by atoms with Gasteiger partial charge in [-0.15, -0.1) is 0 Å². The molecule has 2 rings (SSSR count). The molecule has 0 aliphatic heterocycles. The zero-order valence-corrected chi connectivity index (χ0v) is 10.9. The summed E-state index contributed by atoms with van der Waals surface area (Å²) in [6.07, 6.45) is 3.94. The molecule has 3 N–H and O–H groups in total. The number of nitrogens with one attached hydrogen (secondary N) is 1. The third-order valence-corrected chi connectivity index (χ3v) is 2.69. The number of para-hydroxylation sites is 1. The Morgan fingerprint density at radius 1 is 1.42 bits per heavy atom. The third kappa shape index (κ3) is 3.93. The molecule has 0 bridgehead atoms. The van der Waals surface area contributed by atoms with Crippen molar-refractivity contribution in [3.8, 4) is 0 Å². The molecule has 2 aromatic rings. The third-order valence-electron chi connectivity index (χ3n) is 2.69. The first kappa shape index (κ1) is 13.3. The van der Waals surface area contributed by atoms with Gasteiger partial charge in [-0.3, -0.25) is 9.48 Å². The molecule has 5 nitrogen and oxygen atoms in total. The van der Waals surface area contributed by atoms with E-state index >= 15 is 0 Å². The van der Waals surface area contributed by atoms with Gasteiger partial charge in [0.1, 0.15) is 0 Å². The average Bonchev–Trinajstić information content (AvgIpc) is 2.83. The van der Waals surface area contributed by atoms with Gasteiger partial charge in [0.25, 0.3) is 0 Å². The predicted octanol–water partition coefficient (Wildman–Crippen LogP) is 1.61. The Morgan fingerprint density at radius 3 is 2.89 bits per heavy atom. The van der Waals surface area contributed by atoms with Crippen molar-refractivity contribution >= 4 is 11.6 Å². The predicted molar refractivity (Wildman–Crippen MR) is 74.7 cm³/mol. The fourth-order valence-corrected chi connectivity index (χ4v) is 1.84. The van der Waals surface area contributed by atoms with E-state index in [4.69, 9.17) is 5.73 Å². The molecule has 5 heteroatoms. The summed E-state index contributed by atoms with van der Waals surface area (Å²) in [5, 5.41) is 7.06. The highest BCUT2D eigenvalue weighted by molar-refractivity contribution is 5.91. The summed E-state index contributed by atoms with van der Waals surface area (Å²) in [4.78, 5) is 11.8. The number of nitrogens with zero attached hydrogens (tertiary/aromatic N) is 2. The number of benzene rings is 1. The standard InChI is InChI=1S/C14H18N4O/c1-11(15)9-14(19)17-13-6-3-2-5-12(13)10-18-8-4-7-16-18/h2-8,11H,9-10,15H2,1H3,(H,17,19). The minimum Gasteiger partial charge on any atom is -0.327 e. The van der Waals surface area contributed by atoms with Crippen molar-refractivity contribution in [3.63, 3.8) is 0 Å². The number of anilines is 1. The molecule has 0 saturated heterocycles. The molecule has 0 aliphatic carbocycles. The Kier molecular flexibility index (Phi) is 4.30. The van der Waals surface area contributed by atoms with Crippen molar-refractivity contribution < 1.29 is 4.79 Å². The van der Waals surface area contributed by atoms with Crippen LogP contribution in [0.3, 0.4) is 0 Å². The molecule has 1 aromatic heterocycles. The molecule has 0 radical (unpaired) electrons. The van der Waals surface area contributed by atoms with Crippen molar-refractivity contribution in [1.82, 2.24) is 9.78 Å². The van der Waals surface area contributed by atoms with E-state index in [2.05, 4.69) is 10.4 Å². The van der Waals surface area contributed by atoms with E-state index in [1.807, 2.05) is 48.1 Å². The van der Waals surface area contributed by atoms with E-state index in [0.29, 0.717) is 13.0 Å². The lowest BCUT2D eigenvalue weighted by molar-refractivity contribution is -0.116. The summed E-state index contributed by atoms with van der Waals surface area (Å²) in [6, 6.07) is 9.44. The highest BCUT2D eigenvalue weighted by Gasteiger charge is 2.08. The van der Waals surface area contributed by atoms with Gasteiger partial charge in [0.05, 0.1) is 6.54 Å². The van der Waals surface area contributed by atoms with Crippen molar-refractivity contribution in [2.45, 2.75) is 25.9 Å². The molecule has 1 aromatic carbocycles. The molecule has 0 fully saturated rings. The van der Waals surface area contributed by atoms with Crippen LogP contribution < -0.4 is 11.1 Å². The Balaban J connectivity index is 2.10. The number of carbonyl (C=O) groups excluding carboxylic acids is 1. The van der Waals surface area contributed by atoms with Crippen LogP contribution in [0.15, 0.2) is 42.7 Å². The van der Waals surface area contributed by atoms with Crippen LogP contribution in [0, 0.1) is 0 Å². The SMILES string of the molecule is CC(N)CC(=O)Nc1ccccc1Cn1cccn1. The lowest BCUT2D eigenvalue weighted by atomic mass is 10.1. The van der Waals surface area contributed by atoms with Gasteiger partial charge < -0.3 is 11.1 Å². The van der Waals surface area contributed by atoms with E-state index in [-0.39, 0.29) is 11.9 Å². The van der Waals surface area contributed by atoms with Crippen LogP contribution in [0.25, 0.3) is 0 Å². The van der Waals surface area contributed by atoms with E-state index < -0.39 is 0 Å². The van der Waals surface area contributed by atoms with Crippen molar-refractivity contribution in [3.05, 3.63) is 48.3 Å². The minimum absolute atomic E-state index is 0.0667. The van der Waals surface area contributed by atoms with Gasteiger partial charge in [-0.2, -0.15) is 5.10 Å². The van der Waals surface area contributed by atoms with Gasteiger partial charge in [-0.1, -0.05) is 18.2 Å². The van der Waals surface area contributed by atoms with E-state index in [1.54, 1.807) is 6.20 Å². The number of aromatic nitrogens is 2. The van der Waals surface area contributed by atoms with Crippen LogP contribution in [0.4, 0.5) is 5.69 Å². The number of carbonyl (C=O) groups is 1. The molecular formula is C14H18N4O. The molecule has 1 heterocycles. The van der Waals surface area contributed by atoms with Gasteiger partial charge in [0, 0.05) is 30.5 Å². The second-order valence-electron chi connectivity index (χ2n) is 4.59. The number of hydrogen-bond acceptors (Lipinski definition) is 3. The van der Waals surface area contributed by atoms with E-state index in [0.717, 1.165) is 11.3 Å². The number of rotatable bonds is 5. The fourth-order valence-electron chi connectivity index (χ4n) is 1.84. The molecular weight excluding hydrogens is 240 g/mol. The van der Waals surface area contributed by atoms with E-state index in [1.165, 1.54) is 0 Å². The second-order valence-corrected chi connectivity index (χ2v) is 4.59. The molecule has 0 spiro atoms. The molecule has 19 heavy (non-hydrogen) atoms. The van der Waals surface area contributed by atoms with Gasteiger partial charge in [0.15, 0.2) is 0 Å². The molecule has 0 aliphatic rings. The Morgan fingerprint density at radius 2 is 2.21 bits per heavy atom. The summed E-state index contributed by atoms with van der Waals surface area (Å²) in [6.45, 7) is 2.44. The second kappa shape index (κ2) is 6.15. The number of nitrogens with two attached hydrogens (primary N) is 1. The van der Waals surface area contributed by atoms with Crippen molar-refractivity contribution in [2.24, 2.45) is 5.73 Å². The van der Waals surface area contributed by atoms with Gasteiger partial charge in [-0.05, 0) is 24.6 Å². The maximum Gasteiger partial charge on any atom is 0.225 e. The Labute approximate surface area is 112 Å². The first-order chi connectivity index (χ1) is 9.15. The van der Waals surface area contributed by atoms with Gasteiger partial charge in [-0.25, -0.2) is 0 Å². The van der Waals surface area contributed by atoms with Crippen LogP contribution in [-0.4, -0.2) is 21.7 Å². The van der Waals surface area contributed by atoms with Gasteiger partial charge >= 0.3 is 0 Å². The quantitative estimate of drug-likeness (QED) is 0.855. The molecule has 0 saturated carbocycles. The largest absolute Gasteiger partial charge is 0.327 e. The van der Waals surface area contributed by atoms with Crippen LogP contribution in [0.1, 0.15) is 18.9 Å². The molecule has 1 unspecified atom stereocenters. The van der Waals surface area contributed by atoms with Crippen LogP contribution in [-0.2, 0) is 11.3 Å². The van der Waals surface area contributed by atoms with E-state index in [9.17, 15) is 4.79 Å². The lowest BCUT2D eigenvalue weighted by Crippen LogP contribution is -2.24. The first-order valence-electron chi connectivity index (χ1n) is 6.26. The number of amides is 1. The summed E-state index contributed by atoms with van der Waals surface area (Å²) >= 11 is 0. The number of hydrogen-bond donors (Lipinski definition) is 2. The Hall–Kier alpha value is -2.14. The van der Waals surface area contributed by atoms with Crippen LogP contribution in [0.2, 0.25) is 0 Å². The first-order valence-corrected chi connectivity index (χ1v) is 6.26. The smallest absolute Gasteiger partial charge is 0.225 e. The molecule has 1 amide bonds. The van der Waals surface area contributed by atoms with Crippen LogP contribution in [0.5, 0.6) is 0 Å². The highest BCUT2D eigenvalue weighted by atomic mass is 16.1. The lowest BCUT2D eigenvalue weighted by Gasteiger charge is -2.12.